The van der Waals surface area contributed by atoms with Gasteiger partial charge in [0.25, 0.3) is 15.9 Å². The lowest BCUT2D eigenvalue weighted by Gasteiger charge is -2.46. The topological polar surface area (TPSA) is 90.9 Å². The Bertz CT molecular complexity index is 863. The fourth-order valence-electron chi connectivity index (χ4n) is 3.75. The van der Waals surface area contributed by atoms with Crippen molar-refractivity contribution >= 4 is 33.9 Å². The molecule has 9 heteroatoms. The molecule has 0 aromatic heterocycles. The van der Waals surface area contributed by atoms with E-state index < -0.39 is 10.0 Å². The molecule has 0 radical (unpaired) electrons. The van der Waals surface area contributed by atoms with Crippen molar-refractivity contribution in [2.45, 2.75) is 62.6 Å². The highest BCUT2D eigenvalue weighted by Gasteiger charge is 2.38. The molecular weight excluding hydrogens is 400 g/mol. The van der Waals surface area contributed by atoms with Gasteiger partial charge in [-0.1, -0.05) is 11.6 Å². The number of piperidine rings is 1. The van der Waals surface area contributed by atoms with Crippen molar-refractivity contribution < 1.29 is 13.2 Å². The predicted octanol–water partition coefficient (Wildman–Crippen LogP) is 2.66. The van der Waals surface area contributed by atoms with Gasteiger partial charge < -0.3 is 15.5 Å². The van der Waals surface area contributed by atoms with E-state index >= 15 is 0 Å². The Morgan fingerprint density at radius 2 is 1.82 bits per heavy atom. The Labute approximate surface area is 172 Å². The zero-order valence-corrected chi connectivity index (χ0v) is 18.8. The van der Waals surface area contributed by atoms with Gasteiger partial charge in [0, 0.05) is 36.8 Å². The maximum Gasteiger partial charge on any atom is 0.285 e. The van der Waals surface area contributed by atoms with E-state index in [0.717, 1.165) is 12.8 Å². The lowest BCUT2D eigenvalue weighted by atomic mass is 9.79. The van der Waals surface area contributed by atoms with E-state index in [1.807, 2.05) is 0 Å². The molecule has 1 aromatic rings. The number of amides is 1. The van der Waals surface area contributed by atoms with Crippen LogP contribution in [0.3, 0.4) is 0 Å². The molecule has 28 heavy (non-hydrogen) atoms. The second-order valence-corrected chi connectivity index (χ2v) is 10.8. The third-order valence-electron chi connectivity index (χ3n) is 4.41. The molecule has 1 fully saturated rings. The highest BCUT2D eigenvalue weighted by molar-refractivity contribution is 7.90. The van der Waals surface area contributed by atoms with E-state index in [2.05, 4.69) is 42.7 Å². The molecule has 1 aromatic carbocycles. The second-order valence-electron chi connectivity index (χ2n) is 8.78. The highest BCUT2D eigenvalue weighted by Crippen LogP contribution is 2.29. The molecule has 1 amide bonds. The van der Waals surface area contributed by atoms with Crippen molar-refractivity contribution in [2.75, 3.05) is 14.1 Å². The molecule has 0 bridgehead atoms. The number of benzene rings is 1. The molecule has 1 aliphatic heterocycles. The van der Waals surface area contributed by atoms with Gasteiger partial charge in [0.05, 0.1) is 5.02 Å². The summed E-state index contributed by atoms with van der Waals surface area (Å²) in [6.45, 7) is 8.40. The first kappa shape index (κ1) is 22.6. The molecule has 2 rings (SSSR count). The maximum atomic E-state index is 12.8. The molecular formula is C19H29ClN4O3S. The number of sulfonamides is 1. The van der Waals surface area contributed by atoms with Crippen LogP contribution in [0.25, 0.3) is 0 Å². The largest absolute Gasteiger partial charge is 0.368 e. The first-order chi connectivity index (χ1) is 12.7. The Morgan fingerprint density at radius 1 is 1.25 bits per heavy atom. The number of rotatable bonds is 5. The number of nitrogens with zero attached hydrogens (tertiary/aromatic N) is 2. The van der Waals surface area contributed by atoms with Crippen LogP contribution < -0.4 is 10.6 Å². The monoisotopic (exact) mass is 428 g/mol. The van der Waals surface area contributed by atoms with Gasteiger partial charge in [0.1, 0.15) is 11.2 Å². The van der Waals surface area contributed by atoms with Crippen molar-refractivity contribution in [1.82, 2.24) is 15.5 Å². The van der Waals surface area contributed by atoms with Crippen molar-refractivity contribution in [3.8, 4) is 0 Å². The molecule has 1 heterocycles. The van der Waals surface area contributed by atoms with Crippen LogP contribution in [0.5, 0.6) is 0 Å². The van der Waals surface area contributed by atoms with E-state index in [1.165, 1.54) is 29.4 Å². The zero-order chi connectivity index (χ0) is 21.3. The van der Waals surface area contributed by atoms with Gasteiger partial charge in [-0.3, -0.25) is 4.79 Å². The lowest BCUT2D eigenvalue weighted by molar-refractivity contribution is 0.0873. The summed E-state index contributed by atoms with van der Waals surface area (Å²) in [5, 5.41) is 6.62. The van der Waals surface area contributed by atoms with Gasteiger partial charge in [-0.2, -0.15) is 8.42 Å². The van der Waals surface area contributed by atoms with Gasteiger partial charge in [0.15, 0.2) is 0 Å². The Balaban J connectivity index is 2.25. The molecule has 0 atom stereocenters. The van der Waals surface area contributed by atoms with E-state index in [-0.39, 0.29) is 38.5 Å². The molecule has 1 saturated heterocycles. The van der Waals surface area contributed by atoms with Crippen molar-refractivity contribution in [1.29, 1.82) is 0 Å². The summed E-state index contributed by atoms with van der Waals surface area (Å²) in [6.07, 6.45) is 2.72. The number of carbonyl (C=O) groups is 1. The first-order valence-corrected chi connectivity index (χ1v) is 10.9. The van der Waals surface area contributed by atoms with Gasteiger partial charge in [0.2, 0.25) is 0 Å². The minimum atomic E-state index is -4.01. The van der Waals surface area contributed by atoms with Crippen LogP contribution in [0, 0.1) is 0 Å². The third kappa shape index (κ3) is 5.93. The Kier molecular flexibility index (Phi) is 6.47. The number of hydrogen-bond acceptors (Lipinski definition) is 4. The standard InChI is InChI=1S/C19H29ClN4O3S/c1-18(2)10-14(11-19(3,4)23-18)22-17(25)13-7-8-15(20)16(9-13)28(26,27)21-12-24(5)6/h7-9,12,14,23H,10-11H2,1-6H3,(H,22,25). The SMILES string of the molecule is CN(C)C=NS(=O)(=O)c1cc(C(=O)NC2CC(C)(C)NC(C)(C)C2)ccc1Cl. The molecule has 1 aliphatic rings. The highest BCUT2D eigenvalue weighted by atomic mass is 35.5. The third-order valence-corrected chi connectivity index (χ3v) is 6.12. The smallest absolute Gasteiger partial charge is 0.285 e. The van der Waals surface area contributed by atoms with Gasteiger partial charge in [-0.05, 0) is 58.7 Å². The summed E-state index contributed by atoms with van der Waals surface area (Å²) in [4.78, 5) is 14.1. The van der Waals surface area contributed by atoms with Gasteiger partial charge in [-0.15, -0.1) is 4.40 Å². The van der Waals surface area contributed by atoms with Crippen LogP contribution in [0.1, 0.15) is 50.9 Å². The van der Waals surface area contributed by atoms with Crippen LogP contribution >= 0.6 is 11.6 Å². The van der Waals surface area contributed by atoms with E-state index in [9.17, 15) is 13.2 Å². The Hall–Kier alpha value is -1.64. The minimum absolute atomic E-state index is 0.0246. The van der Waals surface area contributed by atoms with Crippen molar-refractivity contribution in [2.24, 2.45) is 4.40 Å². The van der Waals surface area contributed by atoms with Crippen molar-refractivity contribution in [3.63, 3.8) is 0 Å². The summed E-state index contributed by atoms with van der Waals surface area (Å²) in [6, 6.07) is 4.17. The molecule has 2 N–H and O–H groups in total. The molecule has 0 unspecified atom stereocenters. The number of carbonyl (C=O) groups excluding carboxylic acids is 1. The van der Waals surface area contributed by atoms with Crippen LogP contribution in [-0.2, 0) is 10.0 Å². The number of hydrogen-bond donors (Lipinski definition) is 2. The molecule has 0 aliphatic carbocycles. The predicted molar refractivity (Wildman–Crippen MR) is 113 cm³/mol. The molecule has 7 nitrogen and oxygen atoms in total. The maximum absolute atomic E-state index is 12.8. The summed E-state index contributed by atoms with van der Waals surface area (Å²) >= 11 is 6.06. The van der Waals surface area contributed by atoms with E-state index in [4.69, 9.17) is 11.6 Å². The average Bonchev–Trinajstić information content (AvgIpc) is 2.50. The average molecular weight is 429 g/mol. The summed E-state index contributed by atoms with van der Waals surface area (Å²) in [5.74, 6) is -0.330. The lowest BCUT2D eigenvalue weighted by Crippen LogP contribution is -2.62. The van der Waals surface area contributed by atoms with Gasteiger partial charge >= 0.3 is 0 Å². The summed E-state index contributed by atoms with van der Waals surface area (Å²) in [7, 11) is -0.688. The first-order valence-electron chi connectivity index (χ1n) is 9.07. The van der Waals surface area contributed by atoms with E-state index in [1.54, 1.807) is 14.1 Å². The second kappa shape index (κ2) is 8.00. The van der Waals surface area contributed by atoms with Gasteiger partial charge in [-0.25, -0.2) is 0 Å². The fourth-order valence-corrected chi connectivity index (χ4v) is 5.18. The van der Waals surface area contributed by atoms with Crippen LogP contribution in [0.2, 0.25) is 5.02 Å². The minimum Gasteiger partial charge on any atom is -0.368 e. The molecule has 156 valence electrons. The van der Waals surface area contributed by atoms with Crippen molar-refractivity contribution in [3.05, 3.63) is 28.8 Å². The summed E-state index contributed by atoms with van der Waals surface area (Å²) < 4.78 is 28.5. The zero-order valence-electron chi connectivity index (χ0n) is 17.2. The quantitative estimate of drug-likeness (QED) is 0.555. The number of nitrogens with one attached hydrogen (secondary N) is 2. The fraction of sp³-hybridized carbons (Fsp3) is 0.579. The van der Waals surface area contributed by atoms with Crippen LogP contribution in [-0.4, -0.2) is 56.8 Å². The molecule has 0 saturated carbocycles. The van der Waals surface area contributed by atoms with E-state index in [0.29, 0.717) is 0 Å². The Morgan fingerprint density at radius 3 is 2.36 bits per heavy atom. The molecule has 0 spiro atoms. The van der Waals surface area contributed by atoms with Crippen LogP contribution in [0.4, 0.5) is 0 Å². The summed E-state index contributed by atoms with van der Waals surface area (Å²) in [5.41, 5.74) is 0.00152. The normalized spacial score (nSPS) is 19.5. The number of halogens is 1. The van der Waals surface area contributed by atoms with Crippen LogP contribution in [0.15, 0.2) is 27.5 Å².